The molecule has 0 bridgehead atoms. The largest absolute Gasteiger partial charge is 0.452 e. The van der Waals surface area contributed by atoms with Crippen LogP contribution in [0.1, 0.15) is 20.8 Å². The average Bonchev–Trinajstić information content (AvgIpc) is 1.85. The molecule has 1 amide bonds. The fourth-order valence-electron chi connectivity index (χ4n) is 0.433. The number of hydrazine groups is 1. The van der Waals surface area contributed by atoms with Crippen molar-refractivity contribution >= 4 is 6.09 Å². The minimum Gasteiger partial charge on any atom is -0.452 e. The van der Waals surface area contributed by atoms with Gasteiger partial charge < -0.3 is 4.74 Å². The van der Waals surface area contributed by atoms with Gasteiger partial charge in [-0.25, -0.2) is 10.2 Å². The van der Waals surface area contributed by atoms with Gasteiger partial charge in [-0.05, 0) is 5.41 Å². The third-order valence-electron chi connectivity index (χ3n) is 0.995. The van der Waals surface area contributed by atoms with E-state index in [9.17, 15) is 4.79 Å². The molecular formula is C7H16N2O2. The molecule has 0 atom stereocenters. The van der Waals surface area contributed by atoms with Gasteiger partial charge in [-0.3, -0.25) is 5.43 Å². The van der Waals surface area contributed by atoms with Crippen LogP contribution < -0.4 is 10.9 Å². The average molecular weight is 160 g/mol. The Balaban J connectivity index is 3.35. The lowest BCUT2D eigenvalue weighted by atomic mass is 9.98. The topological polar surface area (TPSA) is 50.4 Å². The number of nitrogens with one attached hydrogen (secondary N) is 2. The van der Waals surface area contributed by atoms with Crippen LogP contribution in [0.2, 0.25) is 0 Å². The molecule has 0 rings (SSSR count). The van der Waals surface area contributed by atoms with Crippen molar-refractivity contribution in [2.45, 2.75) is 20.8 Å². The van der Waals surface area contributed by atoms with Crippen molar-refractivity contribution in [1.29, 1.82) is 0 Å². The van der Waals surface area contributed by atoms with Crippen molar-refractivity contribution in [1.82, 2.24) is 10.9 Å². The first-order valence-corrected chi connectivity index (χ1v) is 3.52. The number of hydrogen-bond donors (Lipinski definition) is 2. The third-order valence-corrected chi connectivity index (χ3v) is 0.995. The van der Waals surface area contributed by atoms with E-state index >= 15 is 0 Å². The molecule has 0 aromatic heterocycles. The standard InChI is InChI=1S/C7H16N2O2/c1-7(2,3)5-8-9-6(10)11-4/h8H,5H2,1-4H3,(H,9,10). The quantitative estimate of drug-likeness (QED) is 0.590. The second-order valence-corrected chi connectivity index (χ2v) is 3.53. The van der Waals surface area contributed by atoms with Crippen molar-refractivity contribution in [2.75, 3.05) is 13.7 Å². The lowest BCUT2D eigenvalue weighted by molar-refractivity contribution is 0.163. The van der Waals surface area contributed by atoms with Crippen LogP contribution in [0.3, 0.4) is 0 Å². The minimum absolute atomic E-state index is 0.154. The van der Waals surface area contributed by atoms with Crippen LogP contribution in [0.25, 0.3) is 0 Å². The molecule has 0 unspecified atom stereocenters. The maximum atomic E-state index is 10.5. The summed E-state index contributed by atoms with van der Waals surface area (Å²) in [6.45, 7) is 6.92. The Labute approximate surface area is 67.3 Å². The summed E-state index contributed by atoms with van der Waals surface area (Å²) in [5.74, 6) is 0. The van der Waals surface area contributed by atoms with E-state index in [0.717, 1.165) is 0 Å². The second kappa shape index (κ2) is 4.18. The molecule has 0 aliphatic rings. The monoisotopic (exact) mass is 160 g/mol. The van der Waals surface area contributed by atoms with E-state index in [4.69, 9.17) is 0 Å². The summed E-state index contributed by atoms with van der Waals surface area (Å²) in [7, 11) is 1.33. The zero-order valence-corrected chi connectivity index (χ0v) is 7.52. The summed E-state index contributed by atoms with van der Waals surface area (Å²) in [5.41, 5.74) is 5.28. The van der Waals surface area contributed by atoms with Gasteiger partial charge in [0.05, 0.1) is 7.11 Å². The Hall–Kier alpha value is -0.770. The Bertz CT molecular complexity index is 129. The van der Waals surface area contributed by atoms with Crippen LogP contribution in [0.4, 0.5) is 4.79 Å². The van der Waals surface area contributed by atoms with Gasteiger partial charge in [0.1, 0.15) is 0 Å². The van der Waals surface area contributed by atoms with Gasteiger partial charge in [-0.15, -0.1) is 0 Å². The molecular weight excluding hydrogens is 144 g/mol. The van der Waals surface area contributed by atoms with Gasteiger partial charge in [0.15, 0.2) is 0 Å². The molecule has 0 aliphatic heterocycles. The summed E-state index contributed by atoms with van der Waals surface area (Å²) < 4.78 is 4.35. The molecule has 0 saturated heterocycles. The number of carbonyl (C=O) groups excluding carboxylic acids is 1. The maximum absolute atomic E-state index is 10.5. The van der Waals surface area contributed by atoms with E-state index in [1.807, 2.05) is 0 Å². The normalized spacial score (nSPS) is 10.9. The first kappa shape index (κ1) is 10.2. The highest BCUT2D eigenvalue weighted by Crippen LogP contribution is 2.09. The fraction of sp³-hybridized carbons (Fsp3) is 0.857. The van der Waals surface area contributed by atoms with Crippen LogP contribution in [-0.4, -0.2) is 19.7 Å². The number of carbonyl (C=O) groups is 1. The molecule has 0 spiro atoms. The molecule has 0 heterocycles. The molecule has 11 heavy (non-hydrogen) atoms. The van der Waals surface area contributed by atoms with Crippen molar-refractivity contribution in [2.24, 2.45) is 5.41 Å². The molecule has 4 nitrogen and oxygen atoms in total. The third kappa shape index (κ3) is 7.12. The Morgan fingerprint density at radius 3 is 2.36 bits per heavy atom. The van der Waals surface area contributed by atoms with Crippen LogP contribution in [0.15, 0.2) is 0 Å². The maximum Gasteiger partial charge on any atom is 0.421 e. The van der Waals surface area contributed by atoms with Gasteiger partial charge in [-0.1, -0.05) is 20.8 Å². The van der Waals surface area contributed by atoms with E-state index < -0.39 is 6.09 Å². The summed E-state index contributed by atoms with van der Waals surface area (Å²) >= 11 is 0. The zero-order valence-electron chi connectivity index (χ0n) is 7.52. The first-order valence-electron chi connectivity index (χ1n) is 3.52. The Morgan fingerprint density at radius 1 is 1.45 bits per heavy atom. The molecule has 0 aromatic carbocycles. The van der Waals surface area contributed by atoms with E-state index in [1.165, 1.54) is 7.11 Å². The van der Waals surface area contributed by atoms with E-state index in [2.05, 4.69) is 36.4 Å². The molecule has 66 valence electrons. The number of hydrogen-bond acceptors (Lipinski definition) is 3. The molecule has 0 aliphatic carbocycles. The molecule has 2 N–H and O–H groups in total. The number of rotatable bonds is 2. The summed E-state index contributed by atoms with van der Waals surface area (Å²) in [5, 5.41) is 0. The molecule has 0 aromatic rings. The van der Waals surface area contributed by atoms with Crippen molar-refractivity contribution in [3.8, 4) is 0 Å². The van der Waals surface area contributed by atoms with Gasteiger partial charge in [0.25, 0.3) is 0 Å². The van der Waals surface area contributed by atoms with Gasteiger partial charge in [0, 0.05) is 6.54 Å². The summed E-state index contributed by atoms with van der Waals surface area (Å²) in [6, 6.07) is 0. The number of amides is 1. The highest BCUT2D eigenvalue weighted by atomic mass is 16.5. The molecule has 4 heteroatoms. The van der Waals surface area contributed by atoms with E-state index in [1.54, 1.807) is 0 Å². The SMILES string of the molecule is COC(=O)NNCC(C)(C)C. The van der Waals surface area contributed by atoms with Crippen LogP contribution in [0, 0.1) is 5.41 Å². The lowest BCUT2D eigenvalue weighted by Gasteiger charge is -2.18. The van der Waals surface area contributed by atoms with Crippen molar-refractivity contribution in [3.63, 3.8) is 0 Å². The Morgan fingerprint density at radius 2 is 2.00 bits per heavy atom. The van der Waals surface area contributed by atoms with Crippen LogP contribution in [-0.2, 0) is 4.74 Å². The lowest BCUT2D eigenvalue weighted by Crippen LogP contribution is -2.41. The highest BCUT2D eigenvalue weighted by Gasteiger charge is 2.09. The number of methoxy groups -OCH3 is 1. The minimum atomic E-state index is -0.464. The highest BCUT2D eigenvalue weighted by molar-refractivity contribution is 5.66. The van der Waals surface area contributed by atoms with Crippen molar-refractivity contribution < 1.29 is 9.53 Å². The fourth-order valence-corrected chi connectivity index (χ4v) is 0.433. The first-order chi connectivity index (χ1) is 4.95. The predicted molar refractivity (Wildman–Crippen MR) is 43.0 cm³/mol. The van der Waals surface area contributed by atoms with Gasteiger partial charge in [-0.2, -0.15) is 0 Å². The Kier molecular flexibility index (Phi) is 3.89. The van der Waals surface area contributed by atoms with Crippen LogP contribution in [0.5, 0.6) is 0 Å². The van der Waals surface area contributed by atoms with Crippen molar-refractivity contribution in [3.05, 3.63) is 0 Å². The van der Waals surface area contributed by atoms with E-state index in [-0.39, 0.29) is 5.41 Å². The zero-order chi connectivity index (χ0) is 8.91. The molecule has 0 fully saturated rings. The summed E-state index contributed by atoms with van der Waals surface area (Å²) in [4.78, 5) is 10.5. The summed E-state index contributed by atoms with van der Waals surface area (Å²) in [6.07, 6.45) is -0.464. The van der Waals surface area contributed by atoms with Crippen LogP contribution >= 0.6 is 0 Å². The number of ether oxygens (including phenoxy) is 1. The second-order valence-electron chi connectivity index (χ2n) is 3.53. The smallest absolute Gasteiger partial charge is 0.421 e. The van der Waals surface area contributed by atoms with Gasteiger partial charge in [0.2, 0.25) is 0 Å². The molecule has 0 radical (unpaired) electrons. The predicted octanol–water partition coefficient (Wildman–Crippen LogP) is 0.893. The van der Waals surface area contributed by atoms with E-state index in [0.29, 0.717) is 6.54 Å². The molecule has 0 saturated carbocycles. The van der Waals surface area contributed by atoms with Gasteiger partial charge >= 0.3 is 6.09 Å².